The van der Waals surface area contributed by atoms with Crippen LogP contribution in [0.1, 0.15) is 19.4 Å². The zero-order valence-corrected chi connectivity index (χ0v) is 10.4. The molecule has 0 bridgehead atoms. The van der Waals surface area contributed by atoms with Crippen molar-refractivity contribution in [3.8, 4) is 0 Å². The monoisotopic (exact) mass is 267 g/mol. The van der Waals surface area contributed by atoms with Gasteiger partial charge in [-0.05, 0) is 41.4 Å². The molecule has 1 heterocycles. The molecule has 2 rings (SSSR count). The largest absolute Gasteiger partial charge is 0.390 e. The number of aliphatic hydroxyl groups is 1. The highest BCUT2D eigenvalue weighted by molar-refractivity contribution is 9.10. The van der Waals surface area contributed by atoms with Crippen molar-refractivity contribution in [2.24, 2.45) is 0 Å². The van der Waals surface area contributed by atoms with Gasteiger partial charge in [-0.3, -0.25) is 0 Å². The van der Waals surface area contributed by atoms with Gasteiger partial charge in [0.05, 0.1) is 11.1 Å². The Morgan fingerprint density at radius 2 is 2.13 bits per heavy atom. The molecule has 2 N–H and O–H groups in total. The summed E-state index contributed by atoms with van der Waals surface area (Å²) in [7, 11) is 0. The fourth-order valence-electron chi connectivity index (χ4n) is 1.79. The van der Waals surface area contributed by atoms with Crippen molar-refractivity contribution >= 4 is 26.8 Å². The van der Waals surface area contributed by atoms with E-state index in [0.29, 0.717) is 6.42 Å². The van der Waals surface area contributed by atoms with Crippen LogP contribution in [0.5, 0.6) is 0 Å². The van der Waals surface area contributed by atoms with Crippen LogP contribution in [-0.4, -0.2) is 15.7 Å². The first-order valence-corrected chi connectivity index (χ1v) is 5.73. The number of hydrogen-bond donors (Lipinski definition) is 2. The van der Waals surface area contributed by atoms with E-state index in [4.69, 9.17) is 0 Å². The first-order valence-electron chi connectivity index (χ1n) is 4.94. The first-order chi connectivity index (χ1) is 6.97. The average Bonchev–Trinajstić information content (AvgIpc) is 2.48. The molecule has 2 nitrogen and oxygen atoms in total. The smallest absolute Gasteiger partial charge is 0.0632 e. The van der Waals surface area contributed by atoms with Gasteiger partial charge >= 0.3 is 0 Å². The molecule has 3 heteroatoms. The molecule has 0 fully saturated rings. The Morgan fingerprint density at radius 1 is 1.40 bits per heavy atom. The maximum atomic E-state index is 9.79. The van der Waals surface area contributed by atoms with E-state index in [2.05, 4.69) is 27.0 Å². The van der Waals surface area contributed by atoms with E-state index in [9.17, 15) is 5.11 Å². The molecular formula is C12H14BrNO. The van der Waals surface area contributed by atoms with Crippen LogP contribution in [0.2, 0.25) is 0 Å². The van der Waals surface area contributed by atoms with Gasteiger partial charge in [-0.15, -0.1) is 0 Å². The number of benzene rings is 1. The molecule has 15 heavy (non-hydrogen) atoms. The minimum Gasteiger partial charge on any atom is -0.390 e. The van der Waals surface area contributed by atoms with E-state index in [0.717, 1.165) is 15.6 Å². The van der Waals surface area contributed by atoms with E-state index >= 15 is 0 Å². The number of aromatic nitrogens is 1. The Balaban J connectivity index is 2.50. The lowest BCUT2D eigenvalue weighted by atomic mass is 9.98. The molecular weight excluding hydrogens is 254 g/mol. The van der Waals surface area contributed by atoms with Gasteiger partial charge in [-0.2, -0.15) is 0 Å². The van der Waals surface area contributed by atoms with Gasteiger partial charge in [0.25, 0.3) is 0 Å². The van der Waals surface area contributed by atoms with Crippen molar-refractivity contribution in [2.75, 3.05) is 0 Å². The van der Waals surface area contributed by atoms with Crippen LogP contribution in [0.4, 0.5) is 0 Å². The molecule has 2 aromatic rings. The summed E-state index contributed by atoms with van der Waals surface area (Å²) in [6.07, 6.45) is 2.62. The Labute approximate surface area is 97.4 Å². The zero-order valence-electron chi connectivity index (χ0n) is 8.84. The quantitative estimate of drug-likeness (QED) is 0.861. The minimum absolute atomic E-state index is 0.656. The van der Waals surface area contributed by atoms with Crippen molar-refractivity contribution < 1.29 is 5.11 Å². The third kappa shape index (κ3) is 2.24. The molecule has 0 aliphatic carbocycles. The van der Waals surface area contributed by atoms with Gasteiger partial charge in [-0.1, -0.05) is 12.1 Å². The maximum Gasteiger partial charge on any atom is 0.0632 e. The summed E-state index contributed by atoms with van der Waals surface area (Å²) in [6.45, 7) is 3.65. The van der Waals surface area contributed by atoms with Gasteiger partial charge < -0.3 is 10.1 Å². The van der Waals surface area contributed by atoms with Gasteiger partial charge in [-0.25, -0.2) is 0 Å². The highest BCUT2D eigenvalue weighted by Crippen LogP contribution is 2.27. The van der Waals surface area contributed by atoms with Crippen LogP contribution in [0, 0.1) is 0 Å². The second kappa shape index (κ2) is 3.65. The Morgan fingerprint density at radius 3 is 2.80 bits per heavy atom. The van der Waals surface area contributed by atoms with E-state index in [-0.39, 0.29) is 0 Å². The summed E-state index contributed by atoms with van der Waals surface area (Å²) >= 11 is 3.50. The van der Waals surface area contributed by atoms with Crippen LogP contribution in [-0.2, 0) is 6.42 Å². The maximum absolute atomic E-state index is 9.79. The molecule has 1 aromatic carbocycles. The second-order valence-electron chi connectivity index (χ2n) is 4.47. The minimum atomic E-state index is -0.669. The van der Waals surface area contributed by atoms with E-state index in [1.54, 1.807) is 0 Å². The number of rotatable bonds is 2. The Hall–Kier alpha value is -0.800. The number of aromatic amines is 1. The van der Waals surface area contributed by atoms with Crippen molar-refractivity contribution in [2.45, 2.75) is 25.9 Å². The average molecular weight is 268 g/mol. The first kappa shape index (κ1) is 10.7. The standard InChI is InChI=1S/C12H14BrNO/c1-12(2,15)6-8-7-14-11-9(8)4-3-5-10(11)13/h3-5,7,14-15H,6H2,1-2H3. The van der Waals surface area contributed by atoms with Gasteiger partial charge in [0.15, 0.2) is 0 Å². The molecule has 0 spiro atoms. The summed E-state index contributed by atoms with van der Waals surface area (Å²) in [5, 5.41) is 11.0. The molecule has 0 atom stereocenters. The third-order valence-electron chi connectivity index (χ3n) is 2.37. The lowest BCUT2D eigenvalue weighted by Gasteiger charge is -2.16. The number of nitrogens with one attached hydrogen (secondary N) is 1. The third-order valence-corrected chi connectivity index (χ3v) is 3.03. The van der Waals surface area contributed by atoms with Crippen LogP contribution in [0.3, 0.4) is 0 Å². The molecule has 0 unspecified atom stereocenters. The molecule has 0 amide bonds. The van der Waals surface area contributed by atoms with Crippen LogP contribution < -0.4 is 0 Å². The predicted molar refractivity (Wildman–Crippen MR) is 66.0 cm³/mol. The summed E-state index contributed by atoms with van der Waals surface area (Å²) in [5.41, 5.74) is 1.58. The van der Waals surface area contributed by atoms with E-state index < -0.39 is 5.60 Å². The zero-order chi connectivity index (χ0) is 11.1. The fraction of sp³-hybridized carbons (Fsp3) is 0.333. The Kier molecular flexibility index (Phi) is 2.61. The van der Waals surface area contributed by atoms with Gasteiger partial charge in [0, 0.05) is 22.5 Å². The summed E-state index contributed by atoms with van der Waals surface area (Å²) in [4.78, 5) is 3.22. The van der Waals surface area contributed by atoms with Gasteiger partial charge in [0.2, 0.25) is 0 Å². The Bertz CT molecular complexity index is 482. The number of halogens is 1. The molecule has 0 saturated carbocycles. The number of hydrogen-bond acceptors (Lipinski definition) is 1. The van der Waals surface area contributed by atoms with E-state index in [1.807, 2.05) is 32.2 Å². The summed E-state index contributed by atoms with van der Waals surface area (Å²) in [5.74, 6) is 0. The van der Waals surface area contributed by atoms with Crippen LogP contribution >= 0.6 is 15.9 Å². The van der Waals surface area contributed by atoms with E-state index in [1.165, 1.54) is 5.39 Å². The molecule has 0 aliphatic heterocycles. The van der Waals surface area contributed by atoms with Crippen molar-refractivity contribution in [1.82, 2.24) is 4.98 Å². The fourth-order valence-corrected chi connectivity index (χ4v) is 2.27. The molecule has 0 radical (unpaired) electrons. The lowest BCUT2D eigenvalue weighted by Crippen LogP contribution is -2.21. The second-order valence-corrected chi connectivity index (χ2v) is 5.32. The molecule has 0 aliphatic rings. The SMILES string of the molecule is CC(C)(O)Cc1c[nH]c2c(Br)cccc12. The van der Waals surface area contributed by atoms with Crippen LogP contribution in [0.15, 0.2) is 28.9 Å². The molecule has 1 aromatic heterocycles. The van der Waals surface area contributed by atoms with Gasteiger partial charge in [0.1, 0.15) is 0 Å². The topological polar surface area (TPSA) is 36.0 Å². The lowest BCUT2D eigenvalue weighted by molar-refractivity contribution is 0.0813. The van der Waals surface area contributed by atoms with Crippen LogP contribution in [0.25, 0.3) is 10.9 Å². The number of H-pyrrole nitrogens is 1. The van der Waals surface area contributed by atoms with Crippen molar-refractivity contribution in [1.29, 1.82) is 0 Å². The highest BCUT2D eigenvalue weighted by atomic mass is 79.9. The molecule has 0 saturated heterocycles. The molecule has 80 valence electrons. The normalized spacial score (nSPS) is 12.3. The highest BCUT2D eigenvalue weighted by Gasteiger charge is 2.16. The summed E-state index contributed by atoms with van der Waals surface area (Å²) in [6, 6.07) is 6.08. The van der Waals surface area contributed by atoms with Crippen molar-refractivity contribution in [3.05, 3.63) is 34.4 Å². The van der Waals surface area contributed by atoms with Crippen molar-refractivity contribution in [3.63, 3.8) is 0 Å². The predicted octanol–water partition coefficient (Wildman–Crippen LogP) is 3.24. The number of para-hydroxylation sites is 1. The number of fused-ring (bicyclic) bond motifs is 1. The summed E-state index contributed by atoms with van der Waals surface area (Å²) < 4.78 is 1.06.